The fourth-order valence-corrected chi connectivity index (χ4v) is 3.33. The minimum Gasteiger partial charge on any atom is -0.436 e. The molecule has 7 heteroatoms. The Morgan fingerprint density at radius 1 is 1.00 bits per heavy atom. The van der Waals surface area contributed by atoms with Gasteiger partial charge in [-0.05, 0) is 17.7 Å². The van der Waals surface area contributed by atoms with E-state index in [1.54, 1.807) is 12.1 Å². The fourth-order valence-electron chi connectivity index (χ4n) is 3.33. The summed E-state index contributed by atoms with van der Waals surface area (Å²) in [5.41, 5.74) is 5.94. The predicted octanol–water partition coefficient (Wildman–Crippen LogP) is 3.11. The third-order valence-corrected chi connectivity index (χ3v) is 4.56. The second-order valence-corrected chi connectivity index (χ2v) is 6.04. The van der Waals surface area contributed by atoms with E-state index in [2.05, 4.69) is 0 Å². The molecule has 1 aliphatic carbocycles. The van der Waals surface area contributed by atoms with Crippen LogP contribution in [0.1, 0.15) is 32.2 Å². The van der Waals surface area contributed by atoms with Crippen molar-refractivity contribution in [3.05, 3.63) is 93.6 Å². The Labute approximate surface area is 152 Å². The largest absolute Gasteiger partial charge is 0.436 e. The maximum Gasteiger partial charge on any atom is 0.229 e. The average Bonchev–Trinajstić information content (AvgIpc) is 2.67. The summed E-state index contributed by atoms with van der Waals surface area (Å²) in [5, 5.41) is 9.50. The van der Waals surface area contributed by atoms with Gasteiger partial charge in [-0.25, -0.2) is 8.78 Å². The highest BCUT2D eigenvalue weighted by molar-refractivity contribution is 6.27. The maximum absolute atomic E-state index is 13.8. The molecule has 132 valence electrons. The molecule has 1 atom stereocenters. The molecule has 2 N–H and O–H groups in total. The first kappa shape index (κ1) is 16.7. The number of carbonyl (C=O) groups excluding carboxylic acids is 2. The lowest BCUT2D eigenvalue weighted by molar-refractivity contribution is 0.0897. The summed E-state index contributed by atoms with van der Waals surface area (Å²) in [6, 6.07) is 11.0. The molecule has 0 saturated heterocycles. The Balaban J connectivity index is 1.99. The Bertz CT molecular complexity index is 1140. The Morgan fingerprint density at radius 2 is 1.67 bits per heavy atom. The van der Waals surface area contributed by atoms with E-state index >= 15 is 0 Å². The molecule has 2 aromatic rings. The third-order valence-electron chi connectivity index (χ3n) is 4.56. The number of ether oxygens (including phenoxy) is 1. The normalized spacial score (nSPS) is 18.6. The van der Waals surface area contributed by atoms with Gasteiger partial charge in [0.1, 0.15) is 11.6 Å². The van der Waals surface area contributed by atoms with Crippen molar-refractivity contribution >= 4 is 11.6 Å². The third kappa shape index (κ3) is 2.34. The molecule has 4 rings (SSSR count). The van der Waals surface area contributed by atoms with E-state index in [1.807, 2.05) is 6.07 Å². The Hall–Kier alpha value is -3.79. The number of carbonyl (C=O) groups is 2. The van der Waals surface area contributed by atoms with Crippen LogP contribution in [0.25, 0.3) is 0 Å². The summed E-state index contributed by atoms with van der Waals surface area (Å²) in [6.07, 6.45) is 0. The van der Waals surface area contributed by atoms with Gasteiger partial charge in [0.2, 0.25) is 11.7 Å². The molecule has 1 aliphatic heterocycles. The SMILES string of the molecule is N#CC1=C(N)OC2=C(C(=O)c3ccccc3C2=O)[C@@H]1c1ccc(F)c(F)c1. The second kappa shape index (κ2) is 5.88. The van der Waals surface area contributed by atoms with Crippen molar-refractivity contribution < 1.29 is 23.1 Å². The van der Waals surface area contributed by atoms with Crippen LogP contribution in [0.4, 0.5) is 8.78 Å². The number of halogens is 2. The van der Waals surface area contributed by atoms with Crippen LogP contribution in [-0.4, -0.2) is 11.6 Å². The topological polar surface area (TPSA) is 93.2 Å². The van der Waals surface area contributed by atoms with Gasteiger partial charge in [0.15, 0.2) is 23.2 Å². The highest BCUT2D eigenvalue weighted by Gasteiger charge is 2.43. The number of nitriles is 1. The van der Waals surface area contributed by atoms with Gasteiger partial charge in [-0.2, -0.15) is 5.26 Å². The maximum atomic E-state index is 13.8. The lowest BCUT2D eigenvalue weighted by Crippen LogP contribution is -2.32. The molecular weight excluding hydrogens is 354 g/mol. The molecule has 0 aromatic heterocycles. The summed E-state index contributed by atoms with van der Waals surface area (Å²) in [4.78, 5) is 25.9. The molecule has 0 unspecified atom stereocenters. The quantitative estimate of drug-likeness (QED) is 0.839. The van der Waals surface area contributed by atoms with Crippen LogP contribution in [0.5, 0.6) is 0 Å². The first-order valence-corrected chi connectivity index (χ1v) is 7.89. The zero-order valence-electron chi connectivity index (χ0n) is 13.6. The summed E-state index contributed by atoms with van der Waals surface area (Å²) in [5.74, 6) is -5.11. The van der Waals surface area contributed by atoms with Gasteiger partial charge in [0.25, 0.3) is 0 Å². The van der Waals surface area contributed by atoms with Gasteiger partial charge < -0.3 is 10.5 Å². The number of benzene rings is 2. The number of hydrogen-bond donors (Lipinski definition) is 1. The van der Waals surface area contributed by atoms with Crippen molar-refractivity contribution in [1.29, 1.82) is 5.26 Å². The minimum atomic E-state index is -1.15. The Kier molecular flexibility index (Phi) is 3.63. The van der Waals surface area contributed by atoms with E-state index in [0.717, 1.165) is 12.1 Å². The van der Waals surface area contributed by atoms with Crippen molar-refractivity contribution in [2.75, 3.05) is 0 Å². The molecule has 0 radical (unpaired) electrons. The number of ketones is 2. The molecule has 0 fully saturated rings. The molecule has 2 aliphatic rings. The number of allylic oxidation sites excluding steroid dienone is 3. The van der Waals surface area contributed by atoms with Gasteiger partial charge in [0.05, 0.1) is 11.5 Å². The Morgan fingerprint density at radius 3 is 2.30 bits per heavy atom. The summed E-state index contributed by atoms with van der Waals surface area (Å²) in [7, 11) is 0. The van der Waals surface area contributed by atoms with Crippen molar-refractivity contribution in [3.8, 4) is 6.07 Å². The lowest BCUT2D eigenvalue weighted by atomic mass is 9.75. The van der Waals surface area contributed by atoms with E-state index in [4.69, 9.17) is 10.5 Å². The van der Waals surface area contributed by atoms with Crippen LogP contribution in [-0.2, 0) is 4.74 Å². The molecule has 0 saturated carbocycles. The van der Waals surface area contributed by atoms with E-state index in [-0.39, 0.29) is 39.5 Å². The molecule has 2 aromatic carbocycles. The number of fused-ring (bicyclic) bond motifs is 1. The molecule has 5 nitrogen and oxygen atoms in total. The first-order valence-electron chi connectivity index (χ1n) is 7.89. The smallest absolute Gasteiger partial charge is 0.229 e. The lowest BCUT2D eigenvalue weighted by Gasteiger charge is -2.30. The van der Waals surface area contributed by atoms with E-state index in [0.29, 0.717) is 0 Å². The van der Waals surface area contributed by atoms with Gasteiger partial charge in [-0.3, -0.25) is 9.59 Å². The molecular formula is C20H10F2N2O3. The van der Waals surface area contributed by atoms with Crippen LogP contribution in [0.15, 0.2) is 65.3 Å². The van der Waals surface area contributed by atoms with Gasteiger partial charge in [-0.15, -0.1) is 0 Å². The number of hydrogen-bond acceptors (Lipinski definition) is 5. The van der Waals surface area contributed by atoms with Gasteiger partial charge >= 0.3 is 0 Å². The van der Waals surface area contributed by atoms with Gasteiger partial charge in [0, 0.05) is 11.1 Å². The summed E-state index contributed by atoms with van der Waals surface area (Å²) in [6.45, 7) is 0. The van der Waals surface area contributed by atoms with Crippen LogP contribution >= 0.6 is 0 Å². The highest BCUT2D eigenvalue weighted by Crippen LogP contribution is 2.44. The summed E-state index contributed by atoms with van der Waals surface area (Å²) >= 11 is 0. The van der Waals surface area contributed by atoms with Crippen molar-refractivity contribution in [3.63, 3.8) is 0 Å². The standard InChI is InChI=1S/C20H10F2N2O3/c21-13-6-5-9(7-14(13)22)15-12(8-23)20(24)27-19-16(15)17(25)10-3-1-2-4-11(10)18(19)26/h1-7,15H,24H2/t15-/m1/s1. The number of Topliss-reactive ketones (excluding diaryl/α,β-unsaturated/α-hetero) is 2. The van der Waals surface area contributed by atoms with Crippen LogP contribution in [0.3, 0.4) is 0 Å². The number of rotatable bonds is 1. The van der Waals surface area contributed by atoms with Crippen LogP contribution in [0.2, 0.25) is 0 Å². The molecule has 27 heavy (non-hydrogen) atoms. The van der Waals surface area contributed by atoms with Crippen molar-refractivity contribution in [1.82, 2.24) is 0 Å². The second-order valence-electron chi connectivity index (χ2n) is 6.04. The minimum absolute atomic E-state index is 0.115. The van der Waals surface area contributed by atoms with E-state index in [1.165, 1.54) is 18.2 Å². The summed E-state index contributed by atoms with van der Waals surface area (Å²) < 4.78 is 32.5. The molecule has 0 amide bonds. The molecule has 1 heterocycles. The average molecular weight is 364 g/mol. The molecule has 0 spiro atoms. The van der Waals surface area contributed by atoms with Crippen molar-refractivity contribution in [2.24, 2.45) is 5.73 Å². The van der Waals surface area contributed by atoms with E-state index in [9.17, 15) is 23.6 Å². The van der Waals surface area contributed by atoms with E-state index < -0.39 is 29.1 Å². The number of nitrogens with two attached hydrogens (primary N) is 1. The highest BCUT2D eigenvalue weighted by atomic mass is 19.2. The van der Waals surface area contributed by atoms with Crippen LogP contribution in [0, 0.1) is 23.0 Å². The first-order chi connectivity index (χ1) is 12.9. The number of nitrogens with zero attached hydrogens (tertiary/aromatic N) is 1. The van der Waals surface area contributed by atoms with Crippen molar-refractivity contribution in [2.45, 2.75) is 5.92 Å². The zero-order valence-corrected chi connectivity index (χ0v) is 13.6. The van der Waals surface area contributed by atoms with Crippen LogP contribution < -0.4 is 5.73 Å². The monoisotopic (exact) mass is 364 g/mol. The van der Waals surface area contributed by atoms with Gasteiger partial charge in [-0.1, -0.05) is 30.3 Å². The fraction of sp³-hybridized carbons (Fsp3) is 0.0500. The predicted molar refractivity (Wildman–Crippen MR) is 89.1 cm³/mol. The zero-order chi connectivity index (χ0) is 19.3. The molecule has 0 bridgehead atoms.